The Kier molecular flexibility index (Phi) is 5.38. The van der Waals surface area contributed by atoms with Crippen molar-refractivity contribution in [1.82, 2.24) is 10.2 Å². The average molecular weight is 277 g/mol. The molecule has 1 aromatic carbocycles. The quantitative estimate of drug-likeness (QED) is 0.799. The highest BCUT2D eigenvalue weighted by atomic mass is 16.5. The number of likely N-dealkylation sites (tertiary alicyclic amines) is 1. The summed E-state index contributed by atoms with van der Waals surface area (Å²) in [5.41, 5.74) is 6.64. The number of nitrogens with two attached hydrogens (primary N) is 1. The van der Waals surface area contributed by atoms with Gasteiger partial charge >= 0.3 is 0 Å². The van der Waals surface area contributed by atoms with Gasteiger partial charge in [0.2, 0.25) is 5.91 Å². The molecule has 3 N–H and O–H groups in total. The smallest absolute Gasteiger partial charge is 0.234 e. The van der Waals surface area contributed by atoms with Crippen LogP contribution in [0.25, 0.3) is 0 Å². The summed E-state index contributed by atoms with van der Waals surface area (Å²) in [7, 11) is 1.64. The van der Waals surface area contributed by atoms with Crippen LogP contribution in [0.2, 0.25) is 0 Å². The number of nitrogens with zero attached hydrogens (tertiary/aromatic N) is 1. The lowest BCUT2D eigenvalue weighted by molar-refractivity contribution is -0.122. The molecule has 1 aliphatic heterocycles. The first-order valence-electron chi connectivity index (χ1n) is 7.04. The molecular formula is C15H23N3O2. The third kappa shape index (κ3) is 3.95. The van der Waals surface area contributed by atoms with Crippen LogP contribution < -0.4 is 15.8 Å². The van der Waals surface area contributed by atoms with E-state index in [1.54, 1.807) is 7.11 Å². The third-order valence-corrected chi connectivity index (χ3v) is 3.74. The van der Waals surface area contributed by atoms with Gasteiger partial charge in [-0.1, -0.05) is 18.2 Å². The molecule has 1 unspecified atom stereocenters. The van der Waals surface area contributed by atoms with Crippen molar-refractivity contribution in [2.24, 2.45) is 11.7 Å². The third-order valence-electron chi connectivity index (χ3n) is 3.74. The van der Waals surface area contributed by atoms with Gasteiger partial charge in [-0.25, -0.2) is 0 Å². The second-order valence-electron chi connectivity index (χ2n) is 5.21. The standard InChI is InChI=1S/C15H23N3O2/c1-20-14-5-3-2-4-13(14)9-17-15(19)11-18-7-6-12(8-16)10-18/h2-5,12H,6-11,16H2,1H3,(H,17,19). The van der Waals surface area contributed by atoms with Crippen molar-refractivity contribution in [2.75, 3.05) is 33.3 Å². The van der Waals surface area contributed by atoms with Crippen molar-refractivity contribution in [2.45, 2.75) is 13.0 Å². The number of methoxy groups -OCH3 is 1. The molecule has 1 atom stereocenters. The molecule has 1 aromatic rings. The minimum absolute atomic E-state index is 0.0496. The predicted octanol–water partition coefficient (Wildman–Crippen LogP) is 0.592. The zero-order chi connectivity index (χ0) is 14.4. The fourth-order valence-corrected chi connectivity index (χ4v) is 2.55. The number of hydrogen-bond donors (Lipinski definition) is 2. The van der Waals surface area contributed by atoms with E-state index in [4.69, 9.17) is 10.5 Å². The van der Waals surface area contributed by atoms with Crippen LogP contribution in [0.15, 0.2) is 24.3 Å². The maximum Gasteiger partial charge on any atom is 0.234 e. The normalized spacial score (nSPS) is 19.0. The lowest BCUT2D eigenvalue weighted by atomic mass is 10.1. The molecule has 2 rings (SSSR count). The van der Waals surface area contributed by atoms with Crippen molar-refractivity contribution >= 4 is 5.91 Å². The van der Waals surface area contributed by atoms with Crippen LogP contribution >= 0.6 is 0 Å². The molecule has 1 fully saturated rings. The molecule has 20 heavy (non-hydrogen) atoms. The Labute approximate surface area is 120 Å². The minimum Gasteiger partial charge on any atom is -0.496 e. The molecule has 0 aliphatic carbocycles. The molecule has 0 aromatic heterocycles. The van der Waals surface area contributed by atoms with E-state index in [2.05, 4.69) is 10.2 Å². The summed E-state index contributed by atoms with van der Waals surface area (Å²) in [6.45, 7) is 3.55. The Morgan fingerprint density at radius 1 is 1.50 bits per heavy atom. The molecule has 1 amide bonds. The van der Waals surface area contributed by atoms with Crippen molar-refractivity contribution < 1.29 is 9.53 Å². The van der Waals surface area contributed by atoms with Gasteiger partial charge in [-0.3, -0.25) is 9.69 Å². The zero-order valence-corrected chi connectivity index (χ0v) is 12.0. The number of ether oxygens (including phenoxy) is 1. The van der Waals surface area contributed by atoms with Crippen molar-refractivity contribution in [3.05, 3.63) is 29.8 Å². The van der Waals surface area contributed by atoms with Gasteiger partial charge in [-0.05, 0) is 31.5 Å². The van der Waals surface area contributed by atoms with Gasteiger partial charge < -0.3 is 15.8 Å². The number of hydrogen-bond acceptors (Lipinski definition) is 4. The SMILES string of the molecule is COc1ccccc1CNC(=O)CN1CCC(CN)C1. The van der Waals surface area contributed by atoms with E-state index in [0.717, 1.165) is 30.8 Å². The van der Waals surface area contributed by atoms with E-state index in [9.17, 15) is 4.79 Å². The lowest BCUT2D eigenvalue weighted by Crippen LogP contribution is -2.36. The van der Waals surface area contributed by atoms with Crippen LogP contribution in [0.5, 0.6) is 5.75 Å². The van der Waals surface area contributed by atoms with Gasteiger partial charge in [-0.15, -0.1) is 0 Å². The van der Waals surface area contributed by atoms with E-state index in [1.165, 1.54) is 0 Å². The van der Waals surface area contributed by atoms with Crippen LogP contribution in [-0.2, 0) is 11.3 Å². The fraction of sp³-hybridized carbons (Fsp3) is 0.533. The first-order valence-corrected chi connectivity index (χ1v) is 7.04. The monoisotopic (exact) mass is 277 g/mol. The van der Waals surface area contributed by atoms with Crippen LogP contribution in [0.4, 0.5) is 0 Å². The summed E-state index contributed by atoms with van der Waals surface area (Å²) in [4.78, 5) is 14.1. The number of carbonyl (C=O) groups is 1. The van der Waals surface area contributed by atoms with E-state index in [0.29, 0.717) is 25.6 Å². The van der Waals surface area contributed by atoms with Gasteiger partial charge in [0.05, 0.1) is 13.7 Å². The summed E-state index contributed by atoms with van der Waals surface area (Å²) in [5, 5.41) is 2.94. The molecule has 5 heteroatoms. The van der Waals surface area contributed by atoms with Gasteiger partial charge in [0.25, 0.3) is 0 Å². The highest BCUT2D eigenvalue weighted by Crippen LogP contribution is 2.17. The number of nitrogens with one attached hydrogen (secondary N) is 1. The molecule has 0 bridgehead atoms. The maximum atomic E-state index is 11.9. The Morgan fingerprint density at radius 3 is 3.00 bits per heavy atom. The molecule has 1 saturated heterocycles. The molecule has 1 aliphatic rings. The largest absolute Gasteiger partial charge is 0.496 e. The summed E-state index contributed by atoms with van der Waals surface area (Å²) < 4.78 is 5.26. The topological polar surface area (TPSA) is 67.6 Å². The number of benzene rings is 1. The predicted molar refractivity (Wildman–Crippen MR) is 78.4 cm³/mol. The van der Waals surface area contributed by atoms with Crippen LogP contribution in [0, 0.1) is 5.92 Å². The second-order valence-corrected chi connectivity index (χ2v) is 5.21. The summed E-state index contributed by atoms with van der Waals surface area (Å²) in [6.07, 6.45) is 1.09. The maximum absolute atomic E-state index is 11.9. The van der Waals surface area contributed by atoms with Crippen molar-refractivity contribution in [1.29, 1.82) is 0 Å². The highest BCUT2D eigenvalue weighted by Gasteiger charge is 2.22. The fourth-order valence-electron chi connectivity index (χ4n) is 2.55. The Balaban J connectivity index is 1.78. The first-order chi connectivity index (χ1) is 9.72. The zero-order valence-electron chi connectivity index (χ0n) is 12.0. The lowest BCUT2D eigenvalue weighted by Gasteiger charge is -2.15. The van der Waals surface area contributed by atoms with Gasteiger partial charge in [0.15, 0.2) is 0 Å². The van der Waals surface area contributed by atoms with E-state index < -0.39 is 0 Å². The average Bonchev–Trinajstić information content (AvgIpc) is 2.93. The first kappa shape index (κ1) is 14.8. The van der Waals surface area contributed by atoms with E-state index in [-0.39, 0.29) is 5.91 Å². The van der Waals surface area contributed by atoms with E-state index in [1.807, 2.05) is 24.3 Å². The van der Waals surface area contributed by atoms with Gasteiger partial charge in [-0.2, -0.15) is 0 Å². The molecule has 1 heterocycles. The van der Waals surface area contributed by atoms with Crippen molar-refractivity contribution in [3.8, 4) is 5.75 Å². The molecule has 0 saturated carbocycles. The Morgan fingerprint density at radius 2 is 2.30 bits per heavy atom. The van der Waals surface area contributed by atoms with Crippen LogP contribution in [-0.4, -0.2) is 44.1 Å². The summed E-state index contributed by atoms with van der Waals surface area (Å²) in [5.74, 6) is 1.39. The molecular weight excluding hydrogens is 254 g/mol. The van der Waals surface area contributed by atoms with Crippen molar-refractivity contribution in [3.63, 3.8) is 0 Å². The second kappa shape index (κ2) is 7.26. The number of amides is 1. The number of para-hydroxylation sites is 1. The van der Waals surface area contributed by atoms with Gasteiger partial charge in [0, 0.05) is 18.7 Å². The Hall–Kier alpha value is -1.59. The number of carbonyl (C=O) groups excluding carboxylic acids is 1. The summed E-state index contributed by atoms with van der Waals surface area (Å²) >= 11 is 0. The number of rotatable bonds is 6. The Bertz CT molecular complexity index is 450. The van der Waals surface area contributed by atoms with Crippen LogP contribution in [0.1, 0.15) is 12.0 Å². The van der Waals surface area contributed by atoms with E-state index >= 15 is 0 Å². The highest BCUT2D eigenvalue weighted by molar-refractivity contribution is 5.78. The molecule has 110 valence electrons. The summed E-state index contributed by atoms with van der Waals surface area (Å²) in [6, 6.07) is 7.71. The molecule has 0 radical (unpaired) electrons. The minimum atomic E-state index is 0.0496. The van der Waals surface area contributed by atoms with Gasteiger partial charge in [0.1, 0.15) is 5.75 Å². The molecule has 5 nitrogen and oxygen atoms in total. The molecule has 0 spiro atoms. The van der Waals surface area contributed by atoms with Crippen LogP contribution in [0.3, 0.4) is 0 Å².